The molecule has 108 valence electrons. The molecule has 2 N–H and O–H groups in total. The Kier molecular flexibility index (Phi) is 4.23. The van der Waals surface area contributed by atoms with Crippen molar-refractivity contribution in [3.8, 4) is 0 Å². The van der Waals surface area contributed by atoms with Crippen LogP contribution < -0.4 is 5.73 Å². The van der Waals surface area contributed by atoms with E-state index in [0.717, 1.165) is 31.9 Å². The number of hydrogen-bond donors (Lipinski definition) is 1. The minimum atomic E-state index is -0.449. The van der Waals surface area contributed by atoms with Crippen molar-refractivity contribution < 1.29 is 4.74 Å². The van der Waals surface area contributed by atoms with Crippen molar-refractivity contribution in [2.45, 2.75) is 51.9 Å². The van der Waals surface area contributed by atoms with E-state index in [0.29, 0.717) is 6.04 Å². The van der Waals surface area contributed by atoms with Gasteiger partial charge in [-0.15, -0.1) is 5.10 Å². The molecule has 1 aromatic rings. The smallest absolute Gasteiger partial charge is 0.102 e. The summed E-state index contributed by atoms with van der Waals surface area (Å²) >= 11 is 0. The quantitative estimate of drug-likeness (QED) is 0.864. The molecule has 2 rings (SSSR count). The summed E-state index contributed by atoms with van der Waals surface area (Å²) in [5, 5.41) is 8.26. The average molecular weight is 267 g/mol. The van der Waals surface area contributed by atoms with Crippen molar-refractivity contribution in [1.29, 1.82) is 0 Å². The fourth-order valence-electron chi connectivity index (χ4n) is 2.21. The number of aromatic nitrogens is 3. The molecule has 19 heavy (non-hydrogen) atoms. The highest BCUT2D eigenvalue weighted by Crippen LogP contribution is 2.14. The average Bonchev–Trinajstić information content (AvgIpc) is 2.77. The molecular formula is C13H25N5O. The van der Waals surface area contributed by atoms with Crippen LogP contribution in [0, 0.1) is 0 Å². The molecule has 1 unspecified atom stereocenters. The van der Waals surface area contributed by atoms with Gasteiger partial charge in [0.2, 0.25) is 0 Å². The zero-order chi connectivity index (χ0) is 14.0. The van der Waals surface area contributed by atoms with Crippen LogP contribution in [-0.4, -0.2) is 51.7 Å². The molecule has 0 aliphatic carbocycles. The molecule has 1 aromatic heterocycles. The molecule has 1 saturated heterocycles. The van der Waals surface area contributed by atoms with E-state index in [2.05, 4.69) is 29.1 Å². The first-order valence-electron chi connectivity index (χ1n) is 6.91. The summed E-state index contributed by atoms with van der Waals surface area (Å²) in [6.45, 7) is 11.8. The van der Waals surface area contributed by atoms with Crippen LogP contribution in [0.3, 0.4) is 0 Å². The van der Waals surface area contributed by atoms with Crippen LogP contribution >= 0.6 is 0 Å². The first-order chi connectivity index (χ1) is 8.86. The first kappa shape index (κ1) is 14.4. The van der Waals surface area contributed by atoms with Gasteiger partial charge in [0.15, 0.2) is 0 Å². The molecule has 6 heteroatoms. The topological polar surface area (TPSA) is 69.2 Å². The molecule has 2 heterocycles. The van der Waals surface area contributed by atoms with Crippen molar-refractivity contribution in [3.05, 3.63) is 11.9 Å². The lowest BCUT2D eigenvalue weighted by atomic mass is 10.0. The van der Waals surface area contributed by atoms with E-state index in [9.17, 15) is 0 Å². The Hall–Kier alpha value is -0.980. The summed E-state index contributed by atoms with van der Waals surface area (Å²) < 4.78 is 7.63. The maximum Gasteiger partial charge on any atom is 0.102 e. The third kappa shape index (κ3) is 3.75. The molecule has 1 atom stereocenters. The summed E-state index contributed by atoms with van der Waals surface area (Å²) in [6, 6.07) is 0.556. The molecule has 1 aliphatic rings. The number of morpholine rings is 1. The van der Waals surface area contributed by atoms with Gasteiger partial charge in [0.1, 0.15) is 5.69 Å². The molecular weight excluding hydrogens is 242 g/mol. The van der Waals surface area contributed by atoms with E-state index in [1.165, 1.54) is 0 Å². The van der Waals surface area contributed by atoms with Gasteiger partial charge >= 0.3 is 0 Å². The van der Waals surface area contributed by atoms with Crippen LogP contribution in [0.1, 0.15) is 33.4 Å². The summed E-state index contributed by atoms with van der Waals surface area (Å²) in [6.07, 6.45) is 2.09. The number of nitrogens with two attached hydrogens (primary N) is 1. The number of hydrogen-bond acceptors (Lipinski definition) is 5. The summed E-state index contributed by atoms with van der Waals surface area (Å²) in [5.74, 6) is 0. The third-order valence-corrected chi connectivity index (χ3v) is 3.49. The summed E-state index contributed by atoms with van der Waals surface area (Å²) in [4.78, 5) is 2.43. The van der Waals surface area contributed by atoms with Gasteiger partial charge in [0, 0.05) is 19.1 Å². The standard InChI is InChI=1S/C13H25N5O/c1-10(2)17-5-6-19-11(7-17)8-18-9-12(15-16-18)13(3,4)14/h9-11H,5-8,14H2,1-4H3. The molecule has 1 aliphatic heterocycles. The SMILES string of the molecule is CC(C)N1CCOC(Cn2cc(C(C)(C)N)nn2)C1. The van der Waals surface area contributed by atoms with E-state index in [-0.39, 0.29) is 6.10 Å². The maximum absolute atomic E-state index is 6.01. The maximum atomic E-state index is 6.01. The van der Waals surface area contributed by atoms with Gasteiger partial charge in [0.05, 0.1) is 31.0 Å². The monoisotopic (exact) mass is 267 g/mol. The molecule has 0 radical (unpaired) electrons. The fraction of sp³-hybridized carbons (Fsp3) is 0.846. The lowest BCUT2D eigenvalue weighted by Crippen LogP contribution is -2.47. The molecule has 0 amide bonds. The van der Waals surface area contributed by atoms with Crippen LogP contribution in [0.4, 0.5) is 0 Å². The Labute approximate surface area is 114 Å². The van der Waals surface area contributed by atoms with E-state index in [1.807, 2.05) is 24.7 Å². The number of ether oxygens (including phenoxy) is 1. The Morgan fingerprint density at radius 1 is 1.53 bits per heavy atom. The van der Waals surface area contributed by atoms with Gasteiger partial charge in [0.25, 0.3) is 0 Å². The van der Waals surface area contributed by atoms with Gasteiger partial charge in [-0.25, -0.2) is 4.68 Å². The van der Waals surface area contributed by atoms with Gasteiger partial charge in [-0.1, -0.05) is 5.21 Å². The highest BCUT2D eigenvalue weighted by molar-refractivity contribution is 5.05. The Morgan fingerprint density at radius 2 is 2.26 bits per heavy atom. The second-order valence-electron chi connectivity index (χ2n) is 6.13. The predicted molar refractivity (Wildman–Crippen MR) is 73.7 cm³/mol. The third-order valence-electron chi connectivity index (χ3n) is 3.49. The van der Waals surface area contributed by atoms with E-state index in [4.69, 9.17) is 10.5 Å². The molecule has 0 bridgehead atoms. The minimum Gasteiger partial charge on any atom is -0.374 e. The minimum absolute atomic E-state index is 0.173. The summed E-state index contributed by atoms with van der Waals surface area (Å²) in [5.41, 5.74) is 6.37. The van der Waals surface area contributed by atoms with Gasteiger partial charge in [-0.05, 0) is 27.7 Å². The van der Waals surface area contributed by atoms with E-state index < -0.39 is 5.54 Å². The van der Waals surface area contributed by atoms with Gasteiger partial charge < -0.3 is 10.5 Å². The van der Waals surface area contributed by atoms with Crippen molar-refractivity contribution in [2.75, 3.05) is 19.7 Å². The van der Waals surface area contributed by atoms with E-state index >= 15 is 0 Å². The largest absolute Gasteiger partial charge is 0.374 e. The Bertz CT molecular complexity index is 409. The van der Waals surface area contributed by atoms with Crippen LogP contribution in [0.15, 0.2) is 6.20 Å². The van der Waals surface area contributed by atoms with Crippen LogP contribution in [0.25, 0.3) is 0 Å². The van der Waals surface area contributed by atoms with Crippen LogP contribution in [0.5, 0.6) is 0 Å². The summed E-state index contributed by atoms with van der Waals surface area (Å²) in [7, 11) is 0. The van der Waals surface area contributed by atoms with Gasteiger partial charge in [-0.3, -0.25) is 4.90 Å². The molecule has 0 aromatic carbocycles. The normalized spacial score (nSPS) is 22.1. The molecule has 0 spiro atoms. The van der Waals surface area contributed by atoms with Gasteiger partial charge in [-0.2, -0.15) is 0 Å². The van der Waals surface area contributed by atoms with Crippen molar-refractivity contribution >= 4 is 0 Å². The Morgan fingerprint density at radius 3 is 2.84 bits per heavy atom. The number of rotatable bonds is 4. The van der Waals surface area contributed by atoms with Crippen LogP contribution in [-0.2, 0) is 16.8 Å². The highest BCUT2D eigenvalue weighted by Gasteiger charge is 2.24. The molecule has 0 saturated carbocycles. The van der Waals surface area contributed by atoms with E-state index in [1.54, 1.807) is 0 Å². The predicted octanol–water partition coefficient (Wildman–Crippen LogP) is 0.581. The molecule has 6 nitrogen and oxygen atoms in total. The molecule has 1 fully saturated rings. The Balaban J connectivity index is 1.95. The van der Waals surface area contributed by atoms with Crippen molar-refractivity contribution in [3.63, 3.8) is 0 Å². The zero-order valence-electron chi connectivity index (χ0n) is 12.3. The fourth-order valence-corrected chi connectivity index (χ4v) is 2.21. The lowest BCUT2D eigenvalue weighted by Gasteiger charge is -2.35. The number of nitrogens with zero attached hydrogens (tertiary/aromatic N) is 4. The zero-order valence-corrected chi connectivity index (χ0v) is 12.3. The van der Waals surface area contributed by atoms with Crippen LogP contribution in [0.2, 0.25) is 0 Å². The first-order valence-corrected chi connectivity index (χ1v) is 6.91. The lowest BCUT2D eigenvalue weighted by molar-refractivity contribution is -0.0471. The van der Waals surface area contributed by atoms with Crippen molar-refractivity contribution in [1.82, 2.24) is 19.9 Å². The second-order valence-corrected chi connectivity index (χ2v) is 6.13. The second kappa shape index (κ2) is 5.56. The highest BCUT2D eigenvalue weighted by atomic mass is 16.5. The van der Waals surface area contributed by atoms with Crippen molar-refractivity contribution in [2.24, 2.45) is 5.73 Å².